The van der Waals surface area contributed by atoms with Crippen LogP contribution in [0.25, 0.3) is 0 Å². The predicted octanol–water partition coefficient (Wildman–Crippen LogP) is 1.20. The van der Waals surface area contributed by atoms with Gasteiger partial charge in [0.05, 0.1) is 20.8 Å². The minimum absolute atomic E-state index is 0.173. The van der Waals surface area contributed by atoms with Crippen molar-refractivity contribution in [2.24, 2.45) is 11.8 Å². The van der Waals surface area contributed by atoms with Crippen molar-refractivity contribution in [2.75, 3.05) is 20.8 Å². The molecule has 0 saturated carbocycles. The smallest absolute Gasteiger partial charge is 0.320 e. The molecule has 1 saturated heterocycles. The van der Waals surface area contributed by atoms with E-state index >= 15 is 0 Å². The summed E-state index contributed by atoms with van der Waals surface area (Å²) in [5, 5.41) is 0. The number of carbonyl (C=O) groups excluding carboxylic acids is 2. The molecule has 0 aliphatic carbocycles. The molecule has 0 spiro atoms. The van der Waals surface area contributed by atoms with Crippen LogP contribution < -0.4 is 4.74 Å². The SMILES string of the molecule is COC(=O)[C@@H]1C(=O)OC[C@H]1Cc1ccc(OC)cc1. The molecular formula is C14H16O5. The number of rotatable bonds is 4. The zero-order chi connectivity index (χ0) is 13.8. The summed E-state index contributed by atoms with van der Waals surface area (Å²) in [5.41, 5.74) is 1.03. The van der Waals surface area contributed by atoms with Crippen LogP contribution in [0.4, 0.5) is 0 Å². The lowest BCUT2D eigenvalue weighted by Crippen LogP contribution is -2.28. The summed E-state index contributed by atoms with van der Waals surface area (Å²) in [4.78, 5) is 23.1. The van der Waals surface area contributed by atoms with Gasteiger partial charge in [0.25, 0.3) is 0 Å². The van der Waals surface area contributed by atoms with E-state index in [4.69, 9.17) is 9.47 Å². The van der Waals surface area contributed by atoms with Gasteiger partial charge in [-0.15, -0.1) is 0 Å². The van der Waals surface area contributed by atoms with Crippen LogP contribution in [-0.2, 0) is 25.5 Å². The monoisotopic (exact) mass is 264 g/mol. The van der Waals surface area contributed by atoms with Gasteiger partial charge in [-0.25, -0.2) is 0 Å². The van der Waals surface area contributed by atoms with E-state index in [2.05, 4.69) is 4.74 Å². The molecular weight excluding hydrogens is 248 g/mol. The first-order valence-corrected chi connectivity index (χ1v) is 6.03. The van der Waals surface area contributed by atoms with Crippen molar-refractivity contribution in [2.45, 2.75) is 6.42 Å². The van der Waals surface area contributed by atoms with Crippen LogP contribution in [0.1, 0.15) is 5.56 Å². The standard InChI is InChI=1S/C14H16O5/c1-17-11-5-3-9(4-6-11)7-10-8-19-14(16)12(10)13(15)18-2/h3-6,10,12H,7-8H2,1-2H3/t10-,12-/m1/s1. The molecule has 1 aliphatic heterocycles. The Morgan fingerprint density at radius 1 is 1.32 bits per heavy atom. The number of esters is 2. The summed E-state index contributed by atoms with van der Waals surface area (Å²) in [6.07, 6.45) is 0.593. The quantitative estimate of drug-likeness (QED) is 0.604. The van der Waals surface area contributed by atoms with E-state index in [1.54, 1.807) is 7.11 Å². The molecule has 1 aromatic rings. The largest absolute Gasteiger partial charge is 0.497 e. The summed E-state index contributed by atoms with van der Waals surface area (Å²) in [5.74, 6) is -1.24. The Morgan fingerprint density at radius 2 is 2.00 bits per heavy atom. The average molecular weight is 264 g/mol. The Labute approximate surface area is 111 Å². The van der Waals surface area contributed by atoms with Gasteiger partial charge in [-0.2, -0.15) is 0 Å². The normalized spacial score (nSPS) is 21.9. The zero-order valence-electron chi connectivity index (χ0n) is 10.9. The minimum Gasteiger partial charge on any atom is -0.497 e. The van der Waals surface area contributed by atoms with Gasteiger partial charge in [-0.1, -0.05) is 12.1 Å². The highest BCUT2D eigenvalue weighted by molar-refractivity contribution is 5.96. The van der Waals surface area contributed by atoms with Crippen LogP contribution in [0.2, 0.25) is 0 Å². The van der Waals surface area contributed by atoms with Crippen LogP contribution in [0.3, 0.4) is 0 Å². The lowest BCUT2D eigenvalue weighted by atomic mass is 9.89. The lowest BCUT2D eigenvalue weighted by molar-refractivity contribution is -0.154. The number of hydrogen-bond acceptors (Lipinski definition) is 5. The number of ether oxygens (including phenoxy) is 3. The molecule has 2 atom stereocenters. The van der Waals surface area contributed by atoms with E-state index in [0.717, 1.165) is 11.3 Å². The third-order valence-corrected chi connectivity index (χ3v) is 3.28. The minimum atomic E-state index is -0.813. The molecule has 2 rings (SSSR count). The van der Waals surface area contributed by atoms with Gasteiger partial charge in [0.2, 0.25) is 0 Å². The van der Waals surface area contributed by atoms with Crippen molar-refractivity contribution < 1.29 is 23.8 Å². The second-order valence-electron chi connectivity index (χ2n) is 4.44. The fourth-order valence-corrected chi connectivity index (χ4v) is 2.22. The fourth-order valence-electron chi connectivity index (χ4n) is 2.22. The van der Waals surface area contributed by atoms with Crippen molar-refractivity contribution >= 4 is 11.9 Å². The molecule has 0 aromatic heterocycles. The number of cyclic esters (lactones) is 1. The summed E-state index contributed by atoms with van der Waals surface area (Å²) in [6, 6.07) is 7.52. The van der Waals surface area contributed by atoms with Gasteiger partial charge in [0.15, 0.2) is 5.92 Å². The summed E-state index contributed by atoms with van der Waals surface area (Å²) in [7, 11) is 2.88. The predicted molar refractivity (Wildman–Crippen MR) is 66.7 cm³/mol. The summed E-state index contributed by atoms with van der Waals surface area (Å²) in [6.45, 7) is 0.255. The van der Waals surface area contributed by atoms with E-state index in [1.165, 1.54) is 7.11 Å². The molecule has 1 aromatic carbocycles. The molecule has 1 heterocycles. The molecule has 0 N–H and O–H groups in total. The molecule has 5 nitrogen and oxygen atoms in total. The van der Waals surface area contributed by atoms with Crippen LogP contribution in [-0.4, -0.2) is 32.8 Å². The Morgan fingerprint density at radius 3 is 2.58 bits per heavy atom. The van der Waals surface area contributed by atoms with Crippen molar-refractivity contribution in [3.63, 3.8) is 0 Å². The molecule has 0 amide bonds. The second-order valence-corrected chi connectivity index (χ2v) is 4.44. The number of carbonyl (C=O) groups is 2. The number of hydrogen-bond donors (Lipinski definition) is 0. The first-order valence-electron chi connectivity index (χ1n) is 6.03. The molecule has 5 heteroatoms. The first kappa shape index (κ1) is 13.4. The highest BCUT2D eigenvalue weighted by Gasteiger charge is 2.43. The van der Waals surface area contributed by atoms with Crippen molar-refractivity contribution in [3.8, 4) is 5.75 Å². The van der Waals surface area contributed by atoms with E-state index in [0.29, 0.717) is 6.42 Å². The summed E-state index contributed by atoms with van der Waals surface area (Å²) < 4.78 is 14.7. The van der Waals surface area contributed by atoms with E-state index in [9.17, 15) is 9.59 Å². The highest BCUT2D eigenvalue weighted by atomic mass is 16.6. The summed E-state index contributed by atoms with van der Waals surface area (Å²) >= 11 is 0. The lowest BCUT2D eigenvalue weighted by Gasteiger charge is -2.13. The maximum atomic E-state index is 11.6. The number of methoxy groups -OCH3 is 2. The van der Waals surface area contributed by atoms with Crippen molar-refractivity contribution in [1.29, 1.82) is 0 Å². The fraction of sp³-hybridized carbons (Fsp3) is 0.429. The van der Waals surface area contributed by atoms with Gasteiger partial charge in [0, 0.05) is 5.92 Å². The molecule has 0 unspecified atom stereocenters. The van der Waals surface area contributed by atoms with Crippen molar-refractivity contribution in [1.82, 2.24) is 0 Å². The van der Waals surface area contributed by atoms with Gasteiger partial charge >= 0.3 is 11.9 Å². The third-order valence-electron chi connectivity index (χ3n) is 3.28. The Hall–Kier alpha value is -2.04. The molecule has 19 heavy (non-hydrogen) atoms. The van der Waals surface area contributed by atoms with Gasteiger partial charge < -0.3 is 14.2 Å². The molecule has 0 bridgehead atoms. The van der Waals surface area contributed by atoms with Gasteiger partial charge in [0.1, 0.15) is 5.75 Å². The third kappa shape index (κ3) is 2.86. The van der Waals surface area contributed by atoms with E-state index < -0.39 is 17.9 Å². The number of benzene rings is 1. The van der Waals surface area contributed by atoms with Crippen LogP contribution in [0, 0.1) is 11.8 Å². The highest BCUT2D eigenvalue weighted by Crippen LogP contribution is 2.27. The Balaban J connectivity index is 2.08. The maximum Gasteiger partial charge on any atom is 0.320 e. The average Bonchev–Trinajstić information content (AvgIpc) is 2.80. The van der Waals surface area contributed by atoms with Gasteiger partial charge in [-0.3, -0.25) is 9.59 Å². The second kappa shape index (κ2) is 5.73. The molecule has 1 aliphatic rings. The maximum absolute atomic E-state index is 11.6. The van der Waals surface area contributed by atoms with Gasteiger partial charge in [-0.05, 0) is 24.1 Å². The van der Waals surface area contributed by atoms with Crippen molar-refractivity contribution in [3.05, 3.63) is 29.8 Å². The Bertz CT molecular complexity index is 465. The van der Waals surface area contributed by atoms with E-state index in [1.807, 2.05) is 24.3 Å². The topological polar surface area (TPSA) is 61.8 Å². The molecule has 102 valence electrons. The van der Waals surface area contributed by atoms with E-state index in [-0.39, 0.29) is 12.5 Å². The molecule has 1 fully saturated rings. The zero-order valence-corrected chi connectivity index (χ0v) is 10.9. The van der Waals surface area contributed by atoms with Crippen LogP contribution >= 0.6 is 0 Å². The van der Waals surface area contributed by atoms with Crippen LogP contribution in [0.5, 0.6) is 5.75 Å². The van der Waals surface area contributed by atoms with Crippen LogP contribution in [0.15, 0.2) is 24.3 Å². The first-order chi connectivity index (χ1) is 9.15. The molecule has 0 radical (unpaired) electrons. The Kier molecular flexibility index (Phi) is 4.04.